The predicted octanol–water partition coefficient (Wildman–Crippen LogP) is 1.36. The van der Waals surface area contributed by atoms with E-state index in [2.05, 4.69) is 5.32 Å². The van der Waals surface area contributed by atoms with E-state index in [0.717, 1.165) is 19.3 Å². The number of hydrogen-bond donors (Lipinski definition) is 1. The highest BCUT2D eigenvalue weighted by Crippen LogP contribution is 2.22. The molecule has 0 radical (unpaired) electrons. The third-order valence-electron chi connectivity index (χ3n) is 3.73. The van der Waals surface area contributed by atoms with Gasteiger partial charge in [-0.15, -0.1) is 0 Å². The van der Waals surface area contributed by atoms with Crippen LogP contribution in [0, 0.1) is 0 Å². The van der Waals surface area contributed by atoms with Crippen molar-refractivity contribution in [3.05, 3.63) is 24.3 Å². The average molecular weight is 325 g/mol. The molecular weight excluding hydrogens is 302 g/mol. The van der Waals surface area contributed by atoms with Crippen LogP contribution in [0.25, 0.3) is 0 Å². The lowest BCUT2D eigenvalue weighted by molar-refractivity contribution is -0.126. The maximum atomic E-state index is 12.6. The van der Waals surface area contributed by atoms with Crippen LogP contribution in [0.15, 0.2) is 29.2 Å². The number of sulfonamides is 1. The molecule has 0 saturated carbocycles. The number of carbonyl (C=O) groups excluding carboxylic acids is 1. The van der Waals surface area contributed by atoms with E-state index in [9.17, 15) is 13.2 Å². The van der Waals surface area contributed by atoms with Gasteiger partial charge in [0.2, 0.25) is 15.9 Å². The van der Waals surface area contributed by atoms with E-state index in [1.54, 1.807) is 42.7 Å². The van der Waals surface area contributed by atoms with Gasteiger partial charge in [-0.05, 0) is 31.0 Å². The zero-order valence-corrected chi connectivity index (χ0v) is 13.9. The van der Waals surface area contributed by atoms with E-state index >= 15 is 0 Å². The molecule has 7 heteroatoms. The maximum Gasteiger partial charge on any atom is 0.243 e. The smallest absolute Gasteiger partial charge is 0.243 e. The molecule has 22 heavy (non-hydrogen) atoms. The van der Waals surface area contributed by atoms with Gasteiger partial charge in [-0.25, -0.2) is 8.42 Å². The Bertz CT molecular complexity index is 623. The molecule has 1 N–H and O–H groups in total. The number of amides is 1. The summed E-state index contributed by atoms with van der Waals surface area (Å²) < 4.78 is 26.8. The molecule has 1 aliphatic rings. The van der Waals surface area contributed by atoms with Crippen molar-refractivity contribution in [3.63, 3.8) is 0 Å². The Kier molecular flexibility index (Phi) is 5.42. The summed E-state index contributed by atoms with van der Waals surface area (Å²) in [4.78, 5) is 13.3. The Morgan fingerprint density at radius 1 is 1.23 bits per heavy atom. The lowest BCUT2D eigenvalue weighted by Gasteiger charge is -2.26. The van der Waals surface area contributed by atoms with Crippen molar-refractivity contribution in [2.24, 2.45) is 0 Å². The molecule has 0 unspecified atom stereocenters. The molecule has 2 rings (SSSR count). The van der Waals surface area contributed by atoms with Gasteiger partial charge in [-0.1, -0.05) is 12.5 Å². The number of nitrogens with one attached hydrogen (secondary N) is 1. The molecule has 122 valence electrons. The van der Waals surface area contributed by atoms with Gasteiger partial charge in [0, 0.05) is 32.9 Å². The van der Waals surface area contributed by atoms with Crippen molar-refractivity contribution in [2.75, 3.05) is 39.0 Å². The Morgan fingerprint density at radius 3 is 2.55 bits per heavy atom. The van der Waals surface area contributed by atoms with E-state index in [4.69, 9.17) is 0 Å². The summed E-state index contributed by atoms with van der Waals surface area (Å²) in [6.45, 7) is 1.30. The normalized spacial score (nSPS) is 16.3. The minimum Gasteiger partial charge on any atom is -0.376 e. The molecule has 0 bridgehead atoms. The van der Waals surface area contributed by atoms with Crippen LogP contribution in [-0.4, -0.2) is 57.3 Å². The van der Waals surface area contributed by atoms with Crippen molar-refractivity contribution >= 4 is 21.6 Å². The Hall–Kier alpha value is -1.60. The van der Waals surface area contributed by atoms with E-state index in [1.165, 1.54) is 4.90 Å². The minimum absolute atomic E-state index is 0.0655. The van der Waals surface area contributed by atoms with Gasteiger partial charge in [-0.3, -0.25) is 4.79 Å². The molecule has 1 saturated heterocycles. The first-order chi connectivity index (χ1) is 10.4. The van der Waals surface area contributed by atoms with Crippen LogP contribution in [0.5, 0.6) is 0 Å². The second kappa shape index (κ2) is 7.11. The monoisotopic (exact) mass is 325 g/mol. The van der Waals surface area contributed by atoms with Crippen molar-refractivity contribution in [2.45, 2.75) is 24.2 Å². The zero-order chi connectivity index (χ0) is 16.2. The number of anilines is 1. The quantitative estimate of drug-likeness (QED) is 0.887. The largest absolute Gasteiger partial charge is 0.376 e. The van der Waals surface area contributed by atoms with Crippen LogP contribution in [0.2, 0.25) is 0 Å². The molecule has 1 heterocycles. The highest BCUT2D eigenvalue weighted by atomic mass is 32.2. The third-order valence-corrected chi connectivity index (χ3v) is 5.62. The van der Waals surface area contributed by atoms with Gasteiger partial charge in [0.25, 0.3) is 0 Å². The van der Waals surface area contributed by atoms with E-state index in [-0.39, 0.29) is 17.3 Å². The molecule has 1 fully saturated rings. The molecule has 1 aromatic rings. The van der Waals surface area contributed by atoms with Gasteiger partial charge in [-0.2, -0.15) is 4.31 Å². The van der Waals surface area contributed by atoms with Gasteiger partial charge in [0.05, 0.1) is 11.4 Å². The van der Waals surface area contributed by atoms with Gasteiger partial charge >= 0.3 is 0 Å². The highest BCUT2D eigenvalue weighted by Gasteiger charge is 2.25. The fourth-order valence-corrected chi connectivity index (χ4v) is 3.92. The molecule has 0 spiro atoms. The standard InChI is InChI=1S/C15H23N3O3S/c1-17(2)15(19)12-16-13-7-6-8-14(11-13)22(20,21)18-9-4-3-5-10-18/h6-8,11,16H,3-5,9-10,12H2,1-2H3. The molecule has 1 amide bonds. The maximum absolute atomic E-state index is 12.6. The third kappa shape index (κ3) is 3.98. The van der Waals surface area contributed by atoms with Crippen molar-refractivity contribution in [1.82, 2.24) is 9.21 Å². The first-order valence-corrected chi connectivity index (χ1v) is 8.89. The Balaban J connectivity index is 2.11. The number of carbonyl (C=O) groups is 1. The lowest BCUT2D eigenvalue weighted by Crippen LogP contribution is -2.35. The summed E-state index contributed by atoms with van der Waals surface area (Å²) in [5, 5.41) is 2.97. The number of likely N-dealkylation sites (N-methyl/N-ethyl adjacent to an activating group) is 1. The van der Waals surface area contributed by atoms with Crippen molar-refractivity contribution in [1.29, 1.82) is 0 Å². The highest BCUT2D eigenvalue weighted by molar-refractivity contribution is 7.89. The van der Waals surface area contributed by atoms with Crippen LogP contribution in [0.1, 0.15) is 19.3 Å². The second-order valence-corrected chi connectivity index (χ2v) is 7.57. The summed E-state index contributed by atoms with van der Waals surface area (Å²) in [7, 11) is -0.0778. The second-order valence-electron chi connectivity index (χ2n) is 5.63. The number of hydrogen-bond acceptors (Lipinski definition) is 4. The summed E-state index contributed by atoms with van der Waals surface area (Å²) in [6.07, 6.45) is 2.91. The van der Waals surface area contributed by atoms with Gasteiger partial charge < -0.3 is 10.2 Å². The van der Waals surface area contributed by atoms with Crippen LogP contribution in [0.4, 0.5) is 5.69 Å². The van der Waals surface area contributed by atoms with E-state index in [0.29, 0.717) is 18.8 Å². The fourth-order valence-electron chi connectivity index (χ4n) is 2.36. The molecule has 1 aromatic carbocycles. The van der Waals surface area contributed by atoms with Crippen LogP contribution >= 0.6 is 0 Å². The SMILES string of the molecule is CN(C)C(=O)CNc1cccc(S(=O)(=O)N2CCCCC2)c1. The molecule has 0 atom stereocenters. The molecule has 6 nitrogen and oxygen atoms in total. The average Bonchev–Trinajstić information content (AvgIpc) is 2.53. The predicted molar refractivity (Wildman–Crippen MR) is 86.2 cm³/mol. The van der Waals surface area contributed by atoms with Crippen molar-refractivity contribution < 1.29 is 13.2 Å². The molecule has 1 aliphatic heterocycles. The van der Waals surface area contributed by atoms with E-state index in [1.807, 2.05) is 0 Å². The number of rotatable bonds is 5. The Morgan fingerprint density at radius 2 is 1.91 bits per heavy atom. The van der Waals surface area contributed by atoms with Crippen LogP contribution in [0.3, 0.4) is 0 Å². The van der Waals surface area contributed by atoms with Crippen LogP contribution in [-0.2, 0) is 14.8 Å². The number of piperidine rings is 1. The summed E-state index contributed by atoms with van der Waals surface area (Å²) in [6, 6.07) is 6.65. The zero-order valence-electron chi connectivity index (χ0n) is 13.1. The van der Waals surface area contributed by atoms with Crippen LogP contribution < -0.4 is 5.32 Å². The topological polar surface area (TPSA) is 69.7 Å². The first kappa shape index (κ1) is 16.8. The van der Waals surface area contributed by atoms with Gasteiger partial charge in [0.15, 0.2) is 0 Å². The summed E-state index contributed by atoms with van der Waals surface area (Å²) in [5.74, 6) is -0.0655. The number of nitrogens with zero attached hydrogens (tertiary/aromatic N) is 2. The number of benzene rings is 1. The first-order valence-electron chi connectivity index (χ1n) is 7.45. The summed E-state index contributed by atoms with van der Waals surface area (Å²) >= 11 is 0. The van der Waals surface area contributed by atoms with E-state index < -0.39 is 10.0 Å². The summed E-state index contributed by atoms with van der Waals surface area (Å²) in [5.41, 5.74) is 0.633. The molecule has 0 aliphatic carbocycles. The van der Waals surface area contributed by atoms with Crippen molar-refractivity contribution in [3.8, 4) is 0 Å². The lowest BCUT2D eigenvalue weighted by atomic mass is 10.2. The minimum atomic E-state index is -3.44. The molecule has 0 aromatic heterocycles. The van der Waals surface area contributed by atoms with Gasteiger partial charge in [0.1, 0.15) is 0 Å². The molecular formula is C15H23N3O3S. The fraction of sp³-hybridized carbons (Fsp3) is 0.533. The Labute approximate surface area is 132 Å².